The molecule has 1 heterocycles. The second-order valence-corrected chi connectivity index (χ2v) is 9.79. The third kappa shape index (κ3) is 4.88. The molecule has 7 nitrogen and oxygen atoms in total. The molecule has 0 radical (unpaired) electrons. The van der Waals surface area contributed by atoms with Gasteiger partial charge in [-0.1, -0.05) is 44.2 Å². The molecule has 4 rings (SSSR count). The molecule has 4 aromatic rings. The molecule has 0 aliphatic heterocycles. The number of anilines is 1. The van der Waals surface area contributed by atoms with Crippen LogP contribution in [0.15, 0.2) is 83.8 Å². The summed E-state index contributed by atoms with van der Waals surface area (Å²) in [7, 11) is -3.53. The summed E-state index contributed by atoms with van der Waals surface area (Å²) in [5.41, 5.74) is 3.43. The Morgan fingerprint density at radius 1 is 0.912 bits per heavy atom. The Labute approximate surface area is 200 Å². The zero-order valence-corrected chi connectivity index (χ0v) is 20.1. The molecule has 0 spiro atoms. The zero-order valence-electron chi connectivity index (χ0n) is 19.3. The lowest BCUT2D eigenvalue weighted by Gasteiger charge is -2.18. The molecule has 0 saturated heterocycles. The van der Waals surface area contributed by atoms with E-state index < -0.39 is 10.0 Å². The van der Waals surface area contributed by atoms with E-state index in [2.05, 4.69) is 9.88 Å². The van der Waals surface area contributed by atoms with Gasteiger partial charge in [0.05, 0.1) is 15.9 Å². The van der Waals surface area contributed by atoms with Crippen molar-refractivity contribution in [2.24, 2.45) is 0 Å². The molecule has 0 fully saturated rings. The molecule has 34 heavy (non-hydrogen) atoms. The van der Waals surface area contributed by atoms with Gasteiger partial charge < -0.3 is 5.32 Å². The molecular weight excluding hydrogens is 448 g/mol. The Bertz CT molecular complexity index is 1380. The molecule has 1 aromatic heterocycles. The van der Waals surface area contributed by atoms with Gasteiger partial charge in [0, 0.05) is 37.3 Å². The molecule has 176 valence electrons. The number of aryl methyl sites for hydroxylation is 1. The molecule has 3 aromatic carbocycles. The van der Waals surface area contributed by atoms with Crippen LogP contribution in [0, 0.1) is 0 Å². The molecule has 0 bridgehead atoms. The first-order chi connectivity index (χ1) is 16.4. The number of para-hydroxylation sites is 3. The molecule has 0 atom stereocenters. The molecule has 0 aliphatic carbocycles. The van der Waals surface area contributed by atoms with Crippen molar-refractivity contribution in [2.75, 3.05) is 18.4 Å². The maximum absolute atomic E-state index is 12.7. The number of hydrogen-bond donors (Lipinski definition) is 1. The first kappa shape index (κ1) is 23.7. The predicted molar refractivity (Wildman–Crippen MR) is 135 cm³/mol. The Kier molecular flexibility index (Phi) is 7.09. The van der Waals surface area contributed by atoms with Gasteiger partial charge in [-0.15, -0.1) is 0 Å². The molecule has 1 N–H and O–H groups in total. The number of amides is 1. The molecular formula is C26H28N4O3S. The minimum absolute atomic E-state index is 0.161. The van der Waals surface area contributed by atoms with E-state index in [9.17, 15) is 13.2 Å². The van der Waals surface area contributed by atoms with Crippen molar-refractivity contribution in [1.82, 2.24) is 13.9 Å². The van der Waals surface area contributed by atoms with Crippen LogP contribution < -0.4 is 5.32 Å². The summed E-state index contributed by atoms with van der Waals surface area (Å²) in [6, 6.07) is 24.2. The first-order valence-electron chi connectivity index (χ1n) is 11.4. The number of fused-ring (bicyclic) bond motifs is 1. The van der Waals surface area contributed by atoms with Gasteiger partial charge in [0.2, 0.25) is 15.9 Å². The highest BCUT2D eigenvalue weighted by molar-refractivity contribution is 7.89. The van der Waals surface area contributed by atoms with Gasteiger partial charge in [-0.25, -0.2) is 13.4 Å². The van der Waals surface area contributed by atoms with Crippen LogP contribution >= 0.6 is 0 Å². The summed E-state index contributed by atoms with van der Waals surface area (Å²) in [6.07, 6.45) is 0.708. The van der Waals surface area contributed by atoms with Crippen LogP contribution in [0.5, 0.6) is 0 Å². The summed E-state index contributed by atoms with van der Waals surface area (Å²) >= 11 is 0. The third-order valence-corrected chi connectivity index (χ3v) is 7.77. The van der Waals surface area contributed by atoms with Crippen LogP contribution in [-0.2, 0) is 21.2 Å². The van der Waals surface area contributed by atoms with Crippen molar-refractivity contribution < 1.29 is 13.2 Å². The lowest BCUT2D eigenvalue weighted by Crippen LogP contribution is -2.30. The van der Waals surface area contributed by atoms with Gasteiger partial charge in [-0.3, -0.25) is 9.36 Å². The highest BCUT2D eigenvalue weighted by Crippen LogP contribution is 2.23. The standard InChI is InChI=1S/C26H28N4O3S/c1-3-29(4-2)34(32,33)22-16-14-20(15-17-22)27-26(31)19-18-25-28-23-12-8-9-13-24(23)30(25)21-10-6-5-7-11-21/h5-17H,3-4,18-19H2,1-2H3,(H,27,31). The second-order valence-electron chi connectivity index (χ2n) is 7.85. The lowest BCUT2D eigenvalue weighted by molar-refractivity contribution is -0.116. The number of imidazole rings is 1. The predicted octanol–water partition coefficient (Wildman–Crippen LogP) is 4.63. The fourth-order valence-electron chi connectivity index (χ4n) is 3.98. The van der Waals surface area contributed by atoms with Gasteiger partial charge in [0.1, 0.15) is 5.82 Å². The quantitative estimate of drug-likeness (QED) is 0.382. The molecule has 0 unspecified atom stereocenters. The number of sulfonamides is 1. The minimum atomic E-state index is -3.53. The van der Waals surface area contributed by atoms with Crippen LogP contribution in [0.2, 0.25) is 0 Å². The summed E-state index contributed by atoms with van der Waals surface area (Å²) in [6.45, 7) is 4.43. The maximum Gasteiger partial charge on any atom is 0.243 e. The maximum atomic E-state index is 12.7. The molecule has 1 amide bonds. The molecule has 0 saturated carbocycles. The van der Waals surface area contributed by atoms with Gasteiger partial charge in [0.25, 0.3) is 0 Å². The summed E-state index contributed by atoms with van der Waals surface area (Å²) < 4.78 is 28.8. The number of benzene rings is 3. The number of hydrogen-bond acceptors (Lipinski definition) is 4. The summed E-state index contributed by atoms with van der Waals surface area (Å²) in [4.78, 5) is 17.6. The van der Waals surface area contributed by atoms with Crippen LogP contribution in [-0.4, -0.2) is 41.3 Å². The fraction of sp³-hybridized carbons (Fsp3) is 0.231. The average molecular weight is 477 g/mol. The van der Waals surface area contributed by atoms with Crippen LogP contribution in [0.25, 0.3) is 16.7 Å². The smallest absolute Gasteiger partial charge is 0.243 e. The number of aromatic nitrogens is 2. The van der Waals surface area contributed by atoms with E-state index in [1.165, 1.54) is 16.4 Å². The van der Waals surface area contributed by atoms with E-state index in [0.29, 0.717) is 25.2 Å². The minimum Gasteiger partial charge on any atom is -0.326 e. The Morgan fingerprint density at radius 3 is 2.24 bits per heavy atom. The van der Waals surface area contributed by atoms with Crippen molar-refractivity contribution in [3.63, 3.8) is 0 Å². The van der Waals surface area contributed by atoms with Crippen molar-refractivity contribution >= 4 is 32.7 Å². The Balaban J connectivity index is 1.47. The Hall–Kier alpha value is -3.49. The highest BCUT2D eigenvalue weighted by atomic mass is 32.2. The number of carbonyl (C=O) groups is 1. The second kappa shape index (κ2) is 10.2. The molecule has 0 aliphatic rings. The van der Waals surface area contributed by atoms with E-state index in [-0.39, 0.29) is 17.2 Å². The largest absolute Gasteiger partial charge is 0.326 e. The van der Waals surface area contributed by atoms with E-state index in [1.54, 1.807) is 12.1 Å². The van der Waals surface area contributed by atoms with Crippen LogP contribution in [0.1, 0.15) is 26.1 Å². The average Bonchev–Trinajstić information content (AvgIpc) is 3.23. The van der Waals surface area contributed by atoms with Gasteiger partial charge in [0.15, 0.2) is 0 Å². The first-order valence-corrected chi connectivity index (χ1v) is 12.8. The van der Waals surface area contributed by atoms with Gasteiger partial charge in [-0.05, 0) is 48.5 Å². The topological polar surface area (TPSA) is 84.3 Å². The monoisotopic (exact) mass is 476 g/mol. The van der Waals surface area contributed by atoms with Gasteiger partial charge >= 0.3 is 0 Å². The van der Waals surface area contributed by atoms with E-state index >= 15 is 0 Å². The number of carbonyl (C=O) groups excluding carboxylic acids is 1. The van der Waals surface area contributed by atoms with Crippen molar-refractivity contribution in [2.45, 2.75) is 31.6 Å². The van der Waals surface area contributed by atoms with Crippen molar-refractivity contribution in [3.8, 4) is 5.69 Å². The van der Waals surface area contributed by atoms with Gasteiger partial charge in [-0.2, -0.15) is 4.31 Å². The fourth-order valence-corrected chi connectivity index (χ4v) is 5.44. The van der Waals surface area contributed by atoms with Crippen molar-refractivity contribution in [1.29, 1.82) is 0 Å². The van der Waals surface area contributed by atoms with Crippen LogP contribution in [0.3, 0.4) is 0 Å². The van der Waals surface area contributed by atoms with E-state index in [1.807, 2.05) is 68.4 Å². The molecule has 8 heteroatoms. The SMILES string of the molecule is CCN(CC)S(=O)(=O)c1ccc(NC(=O)CCc2nc3ccccc3n2-c2ccccc2)cc1. The number of nitrogens with zero attached hydrogens (tertiary/aromatic N) is 3. The highest BCUT2D eigenvalue weighted by Gasteiger charge is 2.21. The number of rotatable bonds is 9. The normalized spacial score (nSPS) is 11.7. The lowest BCUT2D eigenvalue weighted by atomic mass is 10.2. The summed E-state index contributed by atoms with van der Waals surface area (Å²) in [5.74, 6) is 0.647. The zero-order chi connectivity index (χ0) is 24.1. The van der Waals surface area contributed by atoms with E-state index in [4.69, 9.17) is 4.98 Å². The van der Waals surface area contributed by atoms with Crippen LogP contribution in [0.4, 0.5) is 5.69 Å². The third-order valence-electron chi connectivity index (χ3n) is 5.70. The van der Waals surface area contributed by atoms with Crippen molar-refractivity contribution in [3.05, 3.63) is 84.7 Å². The van der Waals surface area contributed by atoms with E-state index in [0.717, 1.165) is 22.5 Å². The number of nitrogens with one attached hydrogen (secondary N) is 1. The Morgan fingerprint density at radius 2 is 1.56 bits per heavy atom. The summed E-state index contributed by atoms with van der Waals surface area (Å²) in [5, 5.41) is 2.86.